The zero-order chi connectivity index (χ0) is 9.68. The molecule has 2 nitrogen and oxygen atoms in total. The number of benzene rings is 1. The van der Waals surface area contributed by atoms with E-state index in [4.69, 9.17) is 4.74 Å². The van der Waals surface area contributed by atoms with E-state index in [1.165, 1.54) is 0 Å². The van der Waals surface area contributed by atoms with Crippen LogP contribution in [0.25, 0.3) is 0 Å². The average Bonchev–Trinajstić information content (AvgIpc) is 2.15. The maximum atomic E-state index is 5.07. The number of allylic oxidation sites excluding steroid dienone is 1. The largest absolute Gasteiger partial charge is 0.497 e. The topological polar surface area (TPSA) is 21.6 Å². The average molecular weight is 175 g/mol. The summed E-state index contributed by atoms with van der Waals surface area (Å²) in [4.78, 5) is 4.15. The van der Waals surface area contributed by atoms with E-state index in [0.717, 1.165) is 17.0 Å². The van der Waals surface area contributed by atoms with E-state index in [-0.39, 0.29) is 0 Å². The van der Waals surface area contributed by atoms with Gasteiger partial charge < -0.3 is 4.74 Å². The Morgan fingerprint density at radius 1 is 1.38 bits per heavy atom. The molecule has 0 fully saturated rings. The molecule has 0 aliphatic carbocycles. The molecule has 0 saturated heterocycles. The summed E-state index contributed by atoms with van der Waals surface area (Å²) in [5.74, 6) is 3.72. The van der Waals surface area contributed by atoms with Crippen LogP contribution >= 0.6 is 0 Å². The minimum atomic E-state index is 0.816. The minimum absolute atomic E-state index is 0.816. The molecule has 0 atom stereocenters. The summed E-state index contributed by atoms with van der Waals surface area (Å²) >= 11 is 0. The van der Waals surface area contributed by atoms with Crippen LogP contribution in [0.5, 0.6) is 5.75 Å². The Balaban J connectivity index is 2.96. The molecule has 0 heterocycles. The number of rotatable bonds is 2. The minimum Gasteiger partial charge on any atom is -0.497 e. The molecule has 1 aromatic rings. The maximum Gasteiger partial charge on any atom is 0.121 e. The third-order valence-corrected chi connectivity index (χ3v) is 1.46. The second-order valence-electron chi connectivity index (χ2n) is 2.93. The van der Waals surface area contributed by atoms with E-state index in [0.29, 0.717) is 0 Å². The summed E-state index contributed by atoms with van der Waals surface area (Å²) < 4.78 is 5.07. The molecule has 0 saturated carbocycles. The van der Waals surface area contributed by atoms with Crippen LogP contribution in [0.15, 0.2) is 34.8 Å². The number of methoxy groups -OCH3 is 1. The zero-order valence-electron chi connectivity index (χ0n) is 8.16. The van der Waals surface area contributed by atoms with Crippen LogP contribution in [-0.4, -0.2) is 13.0 Å². The lowest BCUT2D eigenvalue weighted by Gasteiger charge is -1.98. The molecule has 0 N–H and O–H groups in total. The fraction of sp³-hybridized carbons (Fsp3) is 0.273. The monoisotopic (exact) mass is 175 g/mol. The molecule has 0 radical (unpaired) electrons. The Labute approximate surface area is 78.6 Å². The van der Waals surface area contributed by atoms with Crippen LogP contribution in [0.3, 0.4) is 0 Å². The lowest BCUT2D eigenvalue weighted by Crippen LogP contribution is -1.80. The second-order valence-corrected chi connectivity index (χ2v) is 2.93. The maximum absolute atomic E-state index is 5.07. The highest BCUT2D eigenvalue weighted by molar-refractivity contribution is 5.62. The number of nitrogens with zero attached hydrogens (tertiary/aromatic N) is 1. The van der Waals surface area contributed by atoms with Crippen LogP contribution in [0.2, 0.25) is 0 Å². The molecule has 13 heavy (non-hydrogen) atoms. The lowest BCUT2D eigenvalue weighted by molar-refractivity contribution is 0.415. The number of ether oxygens (including phenoxy) is 1. The molecule has 0 amide bonds. The van der Waals surface area contributed by atoms with E-state index in [1.807, 2.05) is 38.1 Å². The van der Waals surface area contributed by atoms with Gasteiger partial charge in [-0.05, 0) is 37.4 Å². The second kappa shape index (κ2) is 4.48. The molecule has 2 heteroatoms. The molecule has 0 aliphatic heterocycles. The fourth-order valence-corrected chi connectivity index (χ4v) is 0.856. The third-order valence-electron chi connectivity index (χ3n) is 1.46. The Hall–Kier alpha value is -1.53. The van der Waals surface area contributed by atoms with Gasteiger partial charge in [0.1, 0.15) is 5.75 Å². The third kappa shape index (κ3) is 3.14. The molecule has 0 aliphatic rings. The van der Waals surface area contributed by atoms with Gasteiger partial charge in [-0.25, -0.2) is 4.99 Å². The smallest absolute Gasteiger partial charge is 0.121 e. The summed E-state index contributed by atoms with van der Waals surface area (Å²) in [5, 5.41) is 0. The van der Waals surface area contributed by atoms with Crippen LogP contribution in [0, 0.1) is 0 Å². The predicted octanol–water partition coefficient (Wildman–Crippen LogP) is 2.96. The van der Waals surface area contributed by atoms with Crippen molar-refractivity contribution >= 4 is 11.6 Å². The van der Waals surface area contributed by atoms with Crippen LogP contribution < -0.4 is 4.74 Å². The van der Waals surface area contributed by atoms with E-state index < -0.39 is 0 Å². The molecule has 0 unspecified atom stereocenters. The van der Waals surface area contributed by atoms with Crippen LogP contribution in [0.1, 0.15) is 13.8 Å². The summed E-state index contributed by atoms with van der Waals surface area (Å²) in [7, 11) is 1.64. The highest BCUT2D eigenvalue weighted by Crippen LogP contribution is 2.18. The summed E-state index contributed by atoms with van der Waals surface area (Å²) in [5.41, 5.74) is 1.92. The first-order valence-electron chi connectivity index (χ1n) is 4.13. The number of aliphatic imine (C=N–C) groups is 1. The van der Waals surface area contributed by atoms with Crippen molar-refractivity contribution in [2.75, 3.05) is 7.11 Å². The van der Waals surface area contributed by atoms with Gasteiger partial charge in [0, 0.05) is 6.07 Å². The van der Waals surface area contributed by atoms with Gasteiger partial charge >= 0.3 is 0 Å². The first-order chi connectivity index (χ1) is 6.22. The molecular weight excluding hydrogens is 162 g/mol. The van der Waals surface area contributed by atoms with Crippen molar-refractivity contribution in [1.29, 1.82) is 0 Å². The van der Waals surface area contributed by atoms with Crippen LogP contribution in [0.4, 0.5) is 5.69 Å². The van der Waals surface area contributed by atoms with Gasteiger partial charge in [0.15, 0.2) is 0 Å². The van der Waals surface area contributed by atoms with Gasteiger partial charge in [0.2, 0.25) is 0 Å². The molecule has 1 rings (SSSR count). The van der Waals surface area contributed by atoms with Crippen molar-refractivity contribution in [3.8, 4) is 5.75 Å². The van der Waals surface area contributed by atoms with E-state index >= 15 is 0 Å². The summed E-state index contributed by atoms with van der Waals surface area (Å²) in [6, 6.07) is 7.58. The number of hydrogen-bond acceptors (Lipinski definition) is 2. The van der Waals surface area contributed by atoms with Gasteiger partial charge in [-0.15, -0.1) is 0 Å². The van der Waals surface area contributed by atoms with E-state index in [9.17, 15) is 0 Å². The molecule has 68 valence electrons. The van der Waals surface area contributed by atoms with Gasteiger partial charge in [-0.2, -0.15) is 0 Å². The summed E-state index contributed by atoms with van der Waals surface area (Å²) in [6.07, 6.45) is 0. The Morgan fingerprint density at radius 3 is 2.77 bits per heavy atom. The molecular formula is C11H13NO. The normalized spacial score (nSPS) is 8.85. The standard InChI is InChI=1S/C11H13NO/c1-9(2)8-12-10-5-4-6-11(7-10)13-3/h4-7H,1-3H3. The fourth-order valence-electron chi connectivity index (χ4n) is 0.856. The molecule has 0 bridgehead atoms. The summed E-state index contributed by atoms with van der Waals surface area (Å²) in [6.45, 7) is 3.92. The molecule has 0 spiro atoms. The quantitative estimate of drug-likeness (QED) is 0.633. The van der Waals surface area contributed by atoms with Crippen molar-refractivity contribution < 1.29 is 4.74 Å². The zero-order valence-corrected chi connectivity index (χ0v) is 8.16. The van der Waals surface area contributed by atoms with E-state index in [1.54, 1.807) is 7.11 Å². The highest BCUT2D eigenvalue weighted by Gasteiger charge is 1.91. The first kappa shape index (κ1) is 9.56. The Bertz CT molecular complexity index is 345. The van der Waals surface area contributed by atoms with Crippen molar-refractivity contribution in [2.45, 2.75) is 13.8 Å². The lowest BCUT2D eigenvalue weighted by atomic mass is 10.3. The molecule has 0 aromatic heterocycles. The Morgan fingerprint density at radius 2 is 2.15 bits per heavy atom. The van der Waals surface area contributed by atoms with Crippen LogP contribution in [-0.2, 0) is 0 Å². The van der Waals surface area contributed by atoms with Gasteiger partial charge in [0.25, 0.3) is 0 Å². The first-order valence-corrected chi connectivity index (χ1v) is 4.13. The van der Waals surface area contributed by atoms with Crippen molar-refractivity contribution in [3.05, 3.63) is 29.8 Å². The van der Waals surface area contributed by atoms with Gasteiger partial charge in [-0.3, -0.25) is 0 Å². The molecule has 1 aromatic carbocycles. The van der Waals surface area contributed by atoms with Crippen molar-refractivity contribution in [2.24, 2.45) is 4.99 Å². The predicted molar refractivity (Wildman–Crippen MR) is 55.0 cm³/mol. The Kier molecular flexibility index (Phi) is 3.30. The van der Waals surface area contributed by atoms with Gasteiger partial charge in [0.05, 0.1) is 12.8 Å². The highest BCUT2D eigenvalue weighted by atomic mass is 16.5. The van der Waals surface area contributed by atoms with Crippen molar-refractivity contribution in [3.63, 3.8) is 0 Å². The SMILES string of the molecule is COc1cccc(N=C=C(C)C)c1. The van der Waals surface area contributed by atoms with Crippen molar-refractivity contribution in [1.82, 2.24) is 0 Å². The van der Waals surface area contributed by atoms with E-state index in [2.05, 4.69) is 10.9 Å². The van der Waals surface area contributed by atoms with Gasteiger partial charge in [-0.1, -0.05) is 6.07 Å². The number of hydrogen-bond donors (Lipinski definition) is 0.